The van der Waals surface area contributed by atoms with E-state index in [0.717, 1.165) is 11.1 Å². The lowest BCUT2D eigenvalue weighted by molar-refractivity contribution is -0.144. The fraction of sp³-hybridized carbons (Fsp3) is 0.235. The number of benzene rings is 1. The summed E-state index contributed by atoms with van der Waals surface area (Å²) < 4.78 is 42.0. The predicted octanol–water partition coefficient (Wildman–Crippen LogP) is 1.97. The van der Waals surface area contributed by atoms with Gasteiger partial charge in [-0.1, -0.05) is 6.07 Å². The number of carbonyl (C=O) groups is 1. The SMILES string of the molecule is Cc1ccc(S(=O)(=O)NCC(=O)OCc2nnc(-c3ccco3)o2)cc1C. The molecule has 2 heterocycles. The number of rotatable bonds is 7. The Bertz CT molecular complexity index is 1040. The van der Waals surface area contributed by atoms with E-state index in [1.165, 1.54) is 18.4 Å². The van der Waals surface area contributed by atoms with Crippen LogP contribution < -0.4 is 4.72 Å². The van der Waals surface area contributed by atoms with Crippen LogP contribution in [0.1, 0.15) is 17.0 Å². The van der Waals surface area contributed by atoms with Crippen LogP contribution in [0.2, 0.25) is 0 Å². The maximum Gasteiger partial charge on any atom is 0.321 e. The average molecular weight is 391 g/mol. The highest BCUT2D eigenvalue weighted by atomic mass is 32.2. The van der Waals surface area contributed by atoms with Gasteiger partial charge in [-0.15, -0.1) is 10.2 Å². The van der Waals surface area contributed by atoms with E-state index in [0.29, 0.717) is 5.76 Å². The molecule has 0 atom stereocenters. The lowest BCUT2D eigenvalue weighted by atomic mass is 10.1. The first-order chi connectivity index (χ1) is 12.8. The largest absolute Gasteiger partial charge is 0.459 e. The third-order valence-electron chi connectivity index (χ3n) is 3.75. The molecule has 0 unspecified atom stereocenters. The molecule has 0 spiro atoms. The summed E-state index contributed by atoms with van der Waals surface area (Å²) in [6, 6.07) is 8.03. The highest BCUT2D eigenvalue weighted by Crippen LogP contribution is 2.18. The van der Waals surface area contributed by atoms with Crippen molar-refractivity contribution in [2.45, 2.75) is 25.3 Å². The Hall–Kier alpha value is -2.98. The fourth-order valence-corrected chi connectivity index (χ4v) is 3.18. The zero-order chi connectivity index (χ0) is 19.4. The summed E-state index contributed by atoms with van der Waals surface area (Å²) in [5.74, 6) is -0.172. The number of carbonyl (C=O) groups excluding carboxylic acids is 1. The van der Waals surface area contributed by atoms with Crippen molar-refractivity contribution in [1.82, 2.24) is 14.9 Å². The molecule has 142 valence electrons. The molecule has 0 amide bonds. The minimum Gasteiger partial charge on any atom is -0.459 e. The Morgan fingerprint density at radius 1 is 1.19 bits per heavy atom. The molecule has 0 bridgehead atoms. The van der Waals surface area contributed by atoms with Crippen LogP contribution in [0.25, 0.3) is 11.7 Å². The van der Waals surface area contributed by atoms with Crippen molar-refractivity contribution < 1.29 is 26.8 Å². The Kier molecular flexibility index (Phi) is 5.38. The lowest BCUT2D eigenvalue weighted by Gasteiger charge is -2.08. The third kappa shape index (κ3) is 4.60. The third-order valence-corrected chi connectivity index (χ3v) is 5.15. The number of furan rings is 1. The lowest BCUT2D eigenvalue weighted by Crippen LogP contribution is -2.30. The number of nitrogens with one attached hydrogen (secondary N) is 1. The first-order valence-electron chi connectivity index (χ1n) is 7.94. The van der Waals surface area contributed by atoms with E-state index in [2.05, 4.69) is 14.9 Å². The molecule has 0 aliphatic rings. The zero-order valence-electron chi connectivity index (χ0n) is 14.6. The molecule has 0 saturated heterocycles. The van der Waals surface area contributed by atoms with Crippen LogP contribution in [0, 0.1) is 13.8 Å². The number of nitrogens with zero attached hydrogens (tertiary/aromatic N) is 2. The highest BCUT2D eigenvalue weighted by molar-refractivity contribution is 7.89. The molecule has 0 saturated carbocycles. The van der Waals surface area contributed by atoms with Crippen molar-refractivity contribution in [1.29, 1.82) is 0 Å². The van der Waals surface area contributed by atoms with Gasteiger partial charge in [0.2, 0.25) is 10.0 Å². The van der Waals surface area contributed by atoms with Crippen LogP contribution in [0.15, 0.2) is 50.3 Å². The normalized spacial score (nSPS) is 11.5. The van der Waals surface area contributed by atoms with Gasteiger partial charge in [-0.3, -0.25) is 4.79 Å². The molecule has 3 rings (SSSR count). The van der Waals surface area contributed by atoms with Crippen molar-refractivity contribution >= 4 is 16.0 Å². The van der Waals surface area contributed by atoms with Crippen molar-refractivity contribution in [3.63, 3.8) is 0 Å². The van der Waals surface area contributed by atoms with Gasteiger partial charge >= 0.3 is 5.97 Å². The Morgan fingerprint density at radius 3 is 2.70 bits per heavy atom. The maximum atomic E-state index is 12.2. The van der Waals surface area contributed by atoms with Crippen molar-refractivity contribution in [2.75, 3.05) is 6.54 Å². The van der Waals surface area contributed by atoms with E-state index in [9.17, 15) is 13.2 Å². The molecule has 1 aromatic carbocycles. The fourth-order valence-electron chi connectivity index (χ4n) is 2.12. The van der Waals surface area contributed by atoms with Gasteiger partial charge in [-0.25, -0.2) is 8.42 Å². The van der Waals surface area contributed by atoms with Gasteiger partial charge in [0.1, 0.15) is 6.54 Å². The van der Waals surface area contributed by atoms with Gasteiger partial charge in [0.15, 0.2) is 12.4 Å². The number of hydrogen-bond donors (Lipinski definition) is 1. The molecule has 9 nitrogen and oxygen atoms in total. The van der Waals surface area contributed by atoms with E-state index in [1.54, 1.807) is 18.2 Å². The second-order valence-corrected chi connectivity index (χ2v) is 7.48. The van der Waals surface area contributed by atoms with E-state index >= 15 is 0 Å². The highest BCUT2D eigenvalue weighted by Gasteiger charge is 2.18. The standard InChI is InChI=1S/C17H17N3O6S/c1-11-5-6-13(8-12(11)2)27(22,23)18-9-16(21)25-10-15-19-20-17(26-15)14-4-3-7-24-14/h3-8,18H,9-10H2,1-2H3. The number of hydrogen-bond acceptors (Lipinski definition) is 8. The van der Waals surface area contributed by atoms with Crippen LogP contribution in [0.3, 0.4) is 0 Å². The monoisotopic (exact) mass is 391 g/mol. The van der Waals surface area contributed by atoms with E-state index in [-0.39, 0.29) is 23.3 Å². The van der Waals surface area contributed by atoms with Crippen LogP contribution in [-0.2, 0) is 26.2 Å². The number of esters is 1. The van der Waals surface area contributed by atoms with Crippen molar-refractivity contribution in [3.8, 4) is 11.7 Å². The molecule has 0 fully saturated rings. The molecule has 3 aromatic rings. The van der Waals surface area contributed by atoms with Crippen LogP contribution in [0.5, 0.6) is 0 Å². The Balaban J connectivity index is 1.53. The van der Waals surface area contributed by atoms with Gasteiger partial charge in [0, 0.05) is 0 Å². The molecule has 0 aliphatic heterocycles. The molecule has 0 radical (unpaired) electrons. The summed E-state index contributed by atoms with van der Waals surface area (Å²) in [4.78, 5) is 11.9. The predicted molar refractivity (Wildman–Crippen MR) is 92.9 cm³/mol. The molecule has 27 heavy (non-hydrogen) atoms. The summed E-state index contributed by atoms with van der Waals surface area (Å²) in [7, 11) is -3.82. The number of sulfonamides is 1. The number of aryl methyl sites for hydroxylation is 2. The molecule has 10 heteroatoms. The molecular weight excluding hydrogens is 374 g/mol. The van der Waals surface area contributed by atoms with Crippen LogP contribution >= 0.6 is 0 Å². The minimum absolute atomic E-state index is 0.0618. The molecule has 1 N–H and O–H groups in total. The first kappa shape index (κ1) is 18.8. The average Bonchev–Trinajstić information content (AvgIpc) is 3.31. The molecular formula is C17H17N3O6S. The summed E-state index contributed by atoms with van der Waals surface area (Å²) in [5.41, 5.74) is 1.81. The summed E-state index contributed by atoms with van der Waals surface area (Å²) in [6.07, 6.45) is 1.46. The topological polar surface area (TPSA) is 125 Å². The van der Waals surface area contributed by atoms with E-state index in [1.807, 2.05) is 13.8 Å². The van der Waals surface area contributed by atoms with Crippen LogP contribution in [0.4, 0.5) is 0 Å². The zero-order valence-corrected chi connectivity index (χ0v) is 15.4. The molecule has 0 aliphatic carbocycles. The van der Waals surface area contributed by atoms with Gasteiger partial charge in [0.05, 0.1) is 11.2 Å². The van der Waals surface area contributed by atoms with Crippen molar-refractivity contribution in [3.05, 3.63) is 53.6 Å². The summed E-state index contributed by atoms with van der Waals surface area (Å²) in [6.45, 7) is 2.89. The first-order valence-corrected chi connectivity index (χ1v) is 9.42. The Labute approximate surface area is 155 Å². The molecule has 2 aromatic heterocycles. The van der Waals surface area contributed by atoms with Gasteiger partial charge < -0.3 is 13.6 Å². The smallest absolute Gasteiger partial charge is 0.321 e. The van der Waals surface area contributed by atoms with Gasteiger partial charge in [0.25, 0.3) is 11.8 Å². The second kappa shape index (κ2) is 7.72. The second-order valence-electron chi connectivity index (χ2n) is 5.71. The van der Waals surface area contributed by atoms with Gasteiger partial charge in [-0.2, -0.15) is 4.72 Å². The van der Waals surface area contributed by atoms with Gasteiger partial charge in [-0.05, 0) is 49.2 Å². The summed E-state index contributed by atoms with van der Waals surface area (Å²) >= 11 is 0. The van der Waals surface area contributed by atoms with E-state index < -0.39 is 22.5 Å². The summed E-state index contributed by atoms with van der Waals surface area (Å²) in [5, 5.41) is 7.49. The van der Waals surface area contributed by atoms with Crippen LogP contribution in [-0.4, -0.2) is 31.1 Å². The number of aromatic nitrogens is 2. The minimum atomic E-state index is -3.82. The quantitative estimate of drug-likeness (QED) is 0.606. The number of ether oxygens (including phenoxy) is 1. The van der Waals surface area contributed by atoms with E-state index in [4.69, 9.17) is 13.6 Å². The maximum absolute atomic E-state index is 12.2. The van der Waals surface area contributed by atoms with Crippen molar-refractivity contribution in [2.24, 2.45) is 0 Å². The Morgan fingerprint density at radius 2 is 2.00 bits per heavy atom.